The molecule has 2 heterocycles. The van der Waals surface area contributed by atoms with Crippen LogP contribution in [0.3, 0.4) is 0 Å². The van der Waals surface area contributed by atoms with Crippen molar-refractivity contribution in [1.29, 1.82) is 0 Å². The van der Waals surface area contributed by atoms with Crippen LogP contribution < -0.4 is 5.32 Å². The molecule has 1 fully saturated rings. The van der Waals surface area contributed by atoms with Crippen LogP contribution in [0.2, 0.25) is 5.28 Å². The molecule has 1 aliphatic heterocycles. The standard InChI is InChI=1S/C10H10ClFN4O2/c1-16-7(17)3-2-6(9(16)18)14-8-5(12)4-13-10(11)15-8/h4,6H,2-3H2,1H3,(H,13,14,15). The molecule has 0 aliphatic carbocycles. The molecule has 0 radical (unpaired) electrons. The average molecular weight is 273 g/mol. The summed E-state index contributed by atoms with van der Waals surface area (Å²) >= 11 is 5.54. The number of likely N-dealkylation sites (N-methyl/N-ethyl adjacent to an activating group) is 1. The quantitative estimate of drug-likeness (QED) is 0.637. The molecule has 1 saturated heterocycles. The number of halogens is 2. The number of nitrogens with one attached hydrogen (secondary N) is 1. The Labute approximate surface area is 107 Å². The van der Waals surface area contributed by atoms with Gasteiger partial charge in [0, 0.05) is 13.5 Å². The van der Waals surface area contributed by atoms with Crippen molar-refractivity contribution in [2.45, 2.75) is 18.9 Å². The monoisotopic (exact) mass is 272 g/mol. The van der Waals surface area contributed by atoms with Crippen molar-refractivity contribution in [3.63, 3.8) is 0 Å². The van der Waals surface area contributed by atoms with Crippen molar-refractivity contribution in [3.05, 3.63) is 17.3 Å². The molecule has 18 heavy (non-hydrogen) atoms. The van der Waals surface area contributed by atoms with Crippen LogP contribution >= 0.6 is 11.6 Å². The van der Waals surface area contributed by atoms with Gasteiger partial charge >= 0.3 is 0 Å². The minimum Gasteiger partial charge on any atom is -0.356 e. The molecule has 1 aliphatic rings. The van der Waals surface area contributed by atoms with Crippen molar-refractivity contribution < 1.29 is 14.0 Å². The second kappa shape index (κ2) is 4.85. The lowest BCUT2D eigenvalue weighted by atomic mass is 10.0. The molecule has 6 nitrogen and oxygen atoms in total. The van der Waals surface area contributed by atoms with Gasteiger partial charge < -0.3 is 5.32 Å². The number of carbonyl (C=O) groups excluding carboxylic acids is 2. The Morgan fingerprint density at radius 3 is 3.00 bits per heavy atom. The second-order valence-electron chi connectivity index (χ2n) is 3.86. The summed E-state index contributed by atoms with van der Waals surface area (Å²) < 4.78 is 13.4. The van der Waals surface area contributed by atoms with Gasteiger partial charge in [-0.05, 0) is 18.0 Å². The zero-order chi connectivity index (χ0) is 13.3. The summed E-state index contributed by atoms with van der Waals surface area (Å²) in [6.07, 6.45) is 1.43. The van der Waals surface area contributed by atoms with Crippen LogP contribution in [0.5, 0.6) is 0 Å². The van der Waals surface area contributed by atoms with Crippen LogP contribution in [-0.4, -0.2) is 39.8 Å². The van der Waals surface area contributed by atoms with E-state index < -0.39 is 17.8 Å². The van der Waals surface area contributed by atoms with Gasteiger partial charge in [-0.25, -0.2) is 9.37 Å². The zero-order valence-electron chi connectivity index (χ0n) is 9.48. The number of anilines is 1. The van der Waals surface area contributed by atoms with Gasteiger partial charge in [0.05, 0.1) is 6.20 Å². The topological polar surface area (TPSA) is 75.2 Å². The number of piperidine rings is 1. The molecule has 8 heteroatoms. The lowest BCUT2D eigenvalue weighted by Crippen LogP contribution is -2.48. The van der Waals surface area contributed by atoms with Gasteiger partial charge in [0.15, 0.2) is 11.6 Å². The first-order valence-electron chi connectivity index (χ1n) is 5.24. The van der Waals surface area contributed by atoms with Crippen molar-refractivity contribution in [3.8, 4) is 0 Å². The van der Waals surface area contributed by atoms with Gasteiger partial charge in [-0.2, -0.15) is 4.98 Å². The van der Waals surface area contributed by atoms with E-state index in [4.69, 9.17) is 11.6 Å². The number of imide groups is 1. The fraction of sp³-hybridized carbons (Fsp3) is 0.400. The van der Waals surface area contributed by atoms with Crippen LogP contribution in [0, 0.1) is 5.82 Å². The Morgan fingerprint density at radius 1 is 1.56 bits per heavy atom. The number of aromatic nitrogens is 2. The molecule has 2 amide bonds. The normalized spacial score (nSPS) is 20.2. The number of amides is 2. The van der Waals surface area contributed by atoms with E-state index in [2.05, 4.69) is 15.3 Å². The Kier molecular flexibility index (Phi) is 3.42. The summed E-state index contributed by atoms with van der Waals surface area (Å²) in [4.78, 5) is 31.2. The summed E-state index contributed by atoms with van der Waals surface area (Å²) in [5.41, 5.74) is 0. The molecule has 0 saturated carbocycles. The van der Waals surface area contributed by atoms with Gasteiger partial charge in [-0.1, -0.05) is 0 Å². The Morgan fingerprint density at radius 2 is 2.28 bits per heavy atom. The maximum absolute atomic E-state index is 13.4. The number of carbonyl (C=O) groups is 2. The van der Waals surface area contributed by atoms with E-state index in [1.807, 2.05) is 0 Å². The first-order chi connectivity index (χ1) is 8.49. The summed E-state index contributed by atoms with van der Waals surface area (Å²) in [5.74, 6) is -1.51. The van der Waals surface area contributed by atoms with Crippen molar-refractivity contribution in [2.24, 2.45) is 0 Å². The fourth-order valence-electron chi connectivity index (χ4n) is 1.66. The molecule has 96 valence electrons. The predicted molar refractivity (Wildman–Crippen MR) is 61.4 cm³/mol. The first-order valence-corrected chi connectivity index (χ1v) is 5.62. The van der Waals surface area contributed by atoms with Crippen molar-refractivity contribution >= 4 is 29.2 Å². The highest BCUT2D eigenvalue weighted by Crippen LogP contribution is 2.18. The summed E-state index contributed by atoms with van der Waals surface area (Å²) in [7, 11) is 1.39. The van der Waals surface area contributed by atoms with Crippen molar-refractivity contribution in [2.75, 3.05) is 12.4 Å². The van der Waals surface area contributed by atoms with Crippen LogP contribution in [0.15, 0.2) is 6.20 Å². The van der Waals surface area contributed by atoms with E-state index in [-0.39, 0.29) is 23.4 Å². The van der Waals surface area contributed by atoms with E-state index in [0.29, 0.717) is 6.42 Å². The van der Waals surface area contributed by atoms with Gasteiger partial charge in [0.2, 0.25) is 11.2 Å². The second-order valence-corrected chi connectivity index (χ2v) is 4.20. The minimum atomic E-state index is -0.702. The largest absolute Gasteiger partial charge is 0.356 e. The zero-order valence-corrected chi connectivity index (χ0v) is 10.2. The fourth-order valence-corrected chi connectivity index (χ4v) is 1.79. The minimum absolute atomic E-state index is 0.119. The van der Waals surface area contributed by atoms with Crippen LogP contribution in [0.1, 0.15) is 12.8 Å². The van der Waals surface area contributed by atoms with E-state index in [1.54, 1.807) is 0 Å². The van der Waals surface area contributed by atoms with E-state index in [9.17, 15) is 14.0 Å². The Bertz CT molecular complexity index is 511. The summed E-state index contributed by atoms with van der Waals surface area (Å²) in [6.45, 7) is 0. The predicted octanol–water partition coefficient (Wildman–Crippen LogP) is 0.828. The van der Waals surface area contributed by atoms with E-state index in [0.717, 1.165) is 11.1 Å². The average Bonchev–Trinajstić information content (AvgIpc) is 2.34. The molecule has 0 aromatic carbocycles. The third kappa shape index (κ3) is 2.40. The number of nitrogens with zero attached hydrogens (tertiary/aromatic N) is 3. The molecule has 2 rings (SSSR count). The third-order valence-corrected chi connectivity index (χ3v) is 2.86. The van der Waals surface area contributed by atoms with Crippen molar-refractivity contribution in [1.82, 2.24) is 14.9 Å². The van der Waals surface area contributed by atoms with E-state index in [1.165, 1.54) is 7.05 Å². The van der Waals surface area contributed by atoms with Gasteiger partial charge in [-0.3, -0.25) is 14.5 Å². The molecule has 1 N–H and O–H groups in total. The van der Waals surface area contributed by atoms with E-state index >= 15 is 0 Å². The highest BCUT2D eigenvalue weighted by atomic mass is 35.5. The smallest absolute Gasteiger partial charge is 0.251 e. The Hall–Kier alpha value is -1.76. The summed E-state index contributed by atoms with van der Waals surface area (Å²) in [5, 5.41) is 2.52. The molecule has 0 bridgehead atoms. The van der Waals surface area contributed by atoms with Gasteiger partial charge in [-0.15, -0.1) is 0 Å². The van der Waals surface area contributed by atoms with Gasteiger partial charge in [0.25, 0.3) is 5.91 Å². The lowest BCUT2D eigenvalue weighted by molar-refractivity contribution is -0.146. The number of hydrogen-bond donors (Lipinski definition) is 1. The number of rotatable bonds is 2. The maximum Gasteiger partial charge on any atom is 0.251 e. The highest BCUT2D eigenvalue weighted by Gasteiger charge is 2.32. The Balaban J connectivity index is 2.16. The van der Waals surface area contributed by atoms with Crippen LogP contribution in [0.25, 0.3) is 0 Å². The molecule has 1 atom stereocenters. The van der Waals surface area contributed by atoms with Gasteiger partial charge in [0.1, 0.15) is 6.04 Å². The van der Waals surface area contributed by atoms with Crippen LogP contribution in [-0.2, 0) is 9.59 Å². The first kappa shape index (κ1) is 12.7. The highest BCUT2D eigenvalue weighted by molar-refractivity contribution is 6.28. The number of likely N-dealkylation sites (tertiary alicyclic amines) is 1. The molecule has 1 aromatic rings. The molecular formula is C10H10ClFN4O2. The SMILES string of the molecule is CN1C(=O)CCC(Nc2nc(Cl)ncc2F)C1=O. The molecule has 0 spiro atoms. The molecular weight excluding hydrogens is 263 g/mol. The lowest BCUT2D eigenvalue weighted by Gasteiger charge is -2.28. The summed E-state index contributed by atoms with van der Waals surface area (Å²) in [6, 6.07) is -0.687. The molecule has 1 aromatic heterocycles. The number of hydrogen-bond acceptors (Lipinski definition) is 5. The van der Waals surface area contributed by atoms with Crippen LogP contribution in [0.4, 0.5) is 10.2 Å². The third-order valence-electron chi connectivity index (χ3n) is 2.68. The maximum atomic E-state index is 13.4. The molecule has 1 unspecified atom stereocenters.